The number of ether oxygens (including phenoxy) is 1. The summed E-state index contributed by atoms with van der Waals surface area (Å²) in [6.07, 6.45) is 2.02. The molecule has 2 nitrogen and oxygen atoms in total. The summed E-state index contributed by atoms with van der Waals surface area (Å²) in [5, 5.41) is 0. The second-order valence-corrected chi connectivity index (χ2v) is 3.03. The minimum Gasteiger partial charge on any atom is -0.463 e. The van der Waals surface area contributed by atoms with E-state index in [-0.39, 0.29) is 5.97 Å². The van der Waals surface area contributed by atoms with Crippen molar-refractivity contribution >= 4 is 5.97 Å². The van der Waals surface area contributed by atoms with E-state index in [1.54, 1.807) is 0 Å². The fourth-order valence-corrected chi connectivity index (χ4v) is 0.796. The maximum absolute atomic E-state index is 10.2. The summed E-state index contributed by atoms with van der Waals surface area (Å²) in [6, 6.07) is 10.3. The Morgan fingerprint density at radius 1 is 1.40 bits per heavy atom. The van der Waals surface area contributed by atoms with Crippen molar-refractivity contribution in [1.82, 2.24) is 0 Å². The standard InChI is InChI=1S/C7H8.C6H10O2/c1-7-5-3-2-4-6-7;1-3-5-8-6(7)4-2/h2-6H,1H3;4H,2-3,5H2,1H3. The van der Waals surface area contributed by atoms with Crippen LogP contribution in [0.5, 0.6) is 0 Å². The molecule has 1 aromatic rings. The van der Waals surface area contributed by atoms with Crippen molar-refractivity contribution in [3.8, 4) is 0 Å². The molecule has 1 aromatic carbocycles. The molecule has 0 heterocycles. The highest BCUT2D eigenvalue weighted by atomic mass is 16.5. The molecule has 1 rings (SSSR count). The fraction of sp³-hybridized carbons (Fsp3) is 0.308. The van der Waals surface area contributed by atoms with Crippen LogP contribution in [-0.2, 0) is 9.53 Å². The summed E-state index contributed by atoms with van der Waals surface area (Å²) in [7, 11) is 0. The topological polar surface area (TPSA) is 26.3 Å². The van der Waals surface area contributed by atoms with Crippen molar-refractivity contribution in [3.63, 3.8) is 0 Å². The van der Waals surface area contributed by atoms with Gasteiger partial charge < -0.3 is 4.74 Å². The molecule has 2 heteroatoms. The predicted molar refractivity (Wildman–Crippen MR) is 62.6 cm³/mol. The molecule has 0 radical (unpaired) electrons. The van der Waals surface area contributed by atoms with E-state index < -0.39 is 0 Å². The Balaban J connectivity index is 0.000000262. The van der Waals surface area contributed by atoms with Crippen molar-refractivity contribution in [3.05, 3.63) is 48.6 Å². The fourth-order valence-electron chi connectivity index (χ4n) is 0.796. The van der Waals surface area contributed by atoms with Crippen LogP contribution in [0.1, 0.15) is 18.9 Å². The maximum Gasteiger partial charge on any atom is 0.330 e. The van der Waals surface area contributed by atoms with Crippen molar-refractivity contribution in [2.45, 2.75) is 20.3 Å². The zero-order chi connectivity index (χ0) is 11.5. The van der Waals surface area contributed by atoms with Gasteiger partial charge in [0.1, 0.15) is 0 Å². The molecule has 82 valence electrons. The number of esters is 1. The van der Waals surface area contributed by atoms with Gasteiger partial charge in [0.2, 0.25) is 0 Å². The van der Waals surface area contributed by atoms with Crippen molar-refractivity contribution in [2.75, 3.05) is 6.61 Å². The normalized spacial score (nSPS) is 8.40. The number of rotatable bonds is 3. The SMILES string of the molecule is C=CC(=O)OCCC.Cc1ccccc1. The molecule has 0 saturated heterocycles. The van der Waals surface area contributed by atoms with Crippen LogP contribution < -0.4 is 0 Å². The highest BCUT2D eigenvalue weighted by Gasteiger charge is 1.89. The first-order valence-corrected chi connectivity index (χ1v) is 5.01. The third kappa shape index (κ3) is 8.75. The number of hydrogen-bond acceptors (Lipinski definition) is 2. The van der Waals surface area contributed by atoms with Crippen LogP contribution in [0, 0.1) is 6.92 Å². The van der Waals surface area contributed by atoms with Gasteiger partial charge in [-0.05, 0) is 13.3 Å². The third-order valence-electron chi connectivity index (χ3n) is 1.56. The molecule has 15 heavy (non-hydrogen) atoms. The lowest BCUT2D eigenvalue weighted by Gasteiger charge is -1.94. The van der Waals surface area contributed by atoms with Gasteiger partial charge in [-0.3, -0.25) is 0 Å². The van der Waals surface area contributed by atoms with E-state index in [0.29, 0.717) is 6.61 Å². The molecule has 0 N–H and O–H groups in total. The number of aryl methyl sites for hydroxylation is 1. The zero-order valence-corrected chi connectivity index (χ0v) is 9.40. The molecule has 0 aliphatic rings. The molecule has 0 atom stereocenters. The van der Waals surface area contributed by atoms with Crippen LogP contribution in [0.15, 0.2) is 43.0 Å². The number of hydrogen-bond donors (Lipinski definition) is 0. The quantitative estimate of drug-likeness (QED) is 0.561. The predicted octanol–water partition coefficient (Wildman–Crippen LogP) is 3.12. The Hall–Kier alpha value is -1.57. The van der Waals surface area contributed by atoms with E-state index in [1.807, 2.05) is 25.1 Å². The molecule has 0 fully saturated rings. The van der Waals surface area contributed by atoms with Gasteiger partial charge in [0.05, 0.1) is 6.61 Å². The van der Waals surface area contributed by atoms with Gasteiger partial charge >= 0.3 is 5.97 Å². The number of carbonyl (C=O) groups is 1. The summed E-state index contributed by atoms with van der Waals surface area (Å²) in [4.78, 5) is 10.2. The molecule has 0 unspecified atom stereocenters. The number of benzene rings is 1. The lowest BCUT2D eigenvalue weighted by Crippen LogP contribution is -1.99. The molecule has 0 amide bonds. The van der Waals surface area contributed by atoms with E-state index >= 15 is 0 Å². The Morgan fingerprint density at radius 2 is 2.00 bits per heavy atom. The summed E-state index contributed by atoms with van der Waals surface area (Å²) in [6.45, 7) is 7.75. The Kier molecular flexibility index (Phi) is 8.06. The molecular formula is C13H18O2. The van der Waals surface area contributed by atoms with E-state index in [2.05, 4.69) is 30.4 Å². The van der Waals surface area contributed by atoms with Gasteiger partial charge in [0.25, 0.3) is 0 Å². The Labute approximate surface area is 91.6 Å². The highest BCUT2D eigenvalue weighted by Crippen LogP contribution is 1.92. The van der Waals surface area contributed by atoms with Crippen LogP contribution >= 0.6 is 0 Å². The molecule has 0 aliphatic heterocycles. The van der Waals surface area contributed by atoms with Crippen molar-refractivity contribution < 1.29 is 9.53 Å². The van der Waals surface area contributed by atoms with Crippen LogP contribution in [0.2, 0.25) is 0 Å². The van der Waals surface area contributed by atoms with Gasteiger partial charge in [0.15, 0.2) is 0 Å². The largest absolute Gasteiger partial charge is 0.463 e. The first-order chi connectivity index (χ1) is 7.20. The monoisotopic (exact) mass is 206 g/mol. The zero-order valence-electron chi connectivity index (χ0n) is 9.40. The Bertz CT molecular complexity index is 278. The first-order valence-electron chi connectivity index (χ1n) is 5.01. The van der Waals surface area contributed by atoms with Crippen LogP contribution in [0.3, 0.4) is 0 Å². The van der Waals surface area contributed by atoms with Crippen LogP contribution in [-0.4, -0.2) is 12.6 Å². The molecule has 0 aliphatic carbocycles. The molecular weight excluding hydrogens is 188 g/mol. The van der Waals surface area contributed by atoms with Gasteiger partial charge in [-0.1, -0.05) is 49.4 Å². The lowest BCUT2D eigenvalue weighted by atomic mass is 10.2. The van der Waals surface area contributed by atoms with E-state index in [9.17, 15) is 4.79 Å². The summed E-state index contributed by atoms with van der Waals surface area (Å²) < 4.78 is 4.58. The summed E-state index contributed by atoms with van der Waals surface area (Å²) >= 11 is 0. The van der Waals surface area contributed by atoms with E-state index in [0.717, 1.165) is 12.5 Å². The average Bonchev–Trinajstić information content (AvgIpc) is 2.28. The van der Waals surface area contributed by atoms with Gasteiger partial charge in [-0.2, -0.15) is 0 Å². The van der Waals surface area contributed by atoms with Gasteiger partial charge in [0, 0.05) is 6.08 Å². The van der Waals surface area contributed by atoms with Gasteiger partial charge in [-0.25, -0.2) is 4.79 Å². The molecule has 0 spiro atoms. The van der Waals surface area contributed by atoms with Crippen LogP contribution in [0.4, 0.5) is 0 Å². The van der Waals surface area contributed by atoms with Crippen molar-refractivity contribution in [2.24, 2.45) is 0 Å². The van der Waals surface area contributed by atoms with E-state index in [1.165, 1.54) is 5.56 Å². The summed E-state index contributed by atoms with van der Waals surface area (Å²) in [5.41, 5.74) is 1.32. The van der Waals surface area contributed by atoms with Crippen LogP contribution in [0.25, 0.3) is 0 Å². The highest BCUT2D eigenvalue weighted by molar-refractivity contribution is 5.81. The summed E-state index contributed by atoms with van der Waals surface area (Å²) in [5.74, 6) is -0.341. The average molecular weight is 206 g/mol. The minimum atomic E-state index is -0.341. The van der Waals surface area contributed by atoms with Crippen molar-refractivity contribution in [1.29, 1.82) is 0 Å². The minimum absolute atomic E-state index is 0.341. The lowest BCUT2D eigenvalue weighted by molar-refractivity contribution is -0.137. The molecule has 0 saturated carbocycles. The smallest absolute Gasteiger partial charge is 0.330 e. The Morgan fingerprint density at radius 3 is 2.33 bits per heavy atom. The second-order valence-electron chi connectivity index (χ2n) is 3.03. The third-order valence-corrected chi connectivity index (χ3v) is 1.56. The molecule has 0 aromatic heterocycles. The van der Waals surface area contributed by atoms with E-state index in [4.69, 9.17) is 0 Å². The van der Waals surface area contributed by atoms with Gasteiger partial charge in [-0.15, -0.1) is 0 Å². The molecule has 0 bridgehead atoms. The number of carbonyl (C=O) groups excluding carboxylic acids is 1. The maximum atomic E-state index is 10.2. The second kappa shape index (κ2) is 9.00. The first kappa shape index (κ1) is 13.4.